The van der Waals surface area contributed by atoms with Gasteiger partial charge in [0.05, 0.1) is 20.1 Å². The zero-order valence-corrected chi connectivity index (χ0v) is 18.4. The molecule has 0 aliphatic rings. The van der Waals surface area contributed by atoms with Gasteiger partial charge >= 0.3 is 0 Å². The molecule has 30 heavy (non-hydrogen) atoms. The third kappa shape index (κ3) is 5.48. The molecule has 0 spiro atoms. The summed E-state index contributed by atoms with van der Waals surface area (Å²) in [7, 11) is -2.43. The normalized spacial score (nSPS) is 11.4. The van der Waals surface area contributed by atoms with Crippen molar-refractivity contribution in [3.05, 3.63) is 47.8 Å². The maximum Gasteiger partial charge on any atom is 0.246 e. The zero-order valence-electron chi connectivity index (χ0n) is 17.6. The lowest BCUT2D eigenvalue weighted by atomic mass is 10.1. The molecule has 0 bridgehead atoms. The molecule has 0 unspecified atom stereocenters. The second kappa shape index (κ2) is 10.4. The standard InChI is InChI=1S/C21H27FN2O5S/c1-5-24(6-2)30(26,27)20-14-16(9-11-19(20)29-7-3)23-21(25)13-15-8-10-18(28-4)17(22)12-15/h8-12,14H,5-7,13H2,1-4H3,(H,23,25). The average Bonchev–Trinajstić information content (AvgIpc) is 2.70. The first-order valence-corrected chi connectivity index (χ1v) is 11.1. The van der Waals surface area contributed by atoms with E-state index in [0.717, 1.165) is 0 Å². The number of methoxy groups -OCH3 is 1. The van der Waals surface area contributed by atoms with Gasteiger partial charge in [0.1, 0.15) is 10.6 Å². The Hall–Kier alpha value is -2.65. The van der Waals surface area contributed by atoms with E-state index in [0.29, 0.717) is 30.9 Å². The van der Waals surface area contributed by atoms with Crippen molar-refractivity contribution in [2.75, 3.05) is 32.1 Å². The molecule has 0 radical (unpaired) electrons. The Bertz CT molecular complexity index is 991. The molecular weight excluding hydrogens is 411 g/mol. The number of hydrogen-bond donors (Lipinski definition) is 1. The number of nitrogens with zero attached hydrogens (tertiary/aromatic N) is 1. The predicted molar refractivity (Wildman–Crippen MR) is 113 cm³/mol. The molecule has 0 saturated heterocycles. The van der Waals surface area contributed by atoms with Gasteiger partial charge < -0.3 is 14.8 Å². The Morgan fingerprint density at radius 2 is 1.73 bits per heavy atom. The highest BCUT2D eigenvalue weighted by Crippen LogP contribution is 2.30. The van der Waals surface area contributed by atoms with Crippen LogP contribution in [-0.2, 0) is 21.2 Å². The molecule has 0 aromatic heterocycles. The van der Waals surface area contributed by atoms with Crippen LogP contribution in [0, 0.1) is 5.82 Å². The smallest absolute Gasteiger partial charge is 0.246 e. The molecule has 7 nitrogen and oxygen atoms in total. The van der Waals surface area contributed by atoms with Crippen LogP contribution in [0.15, 0.2) is 41.3 Å². The third-order valence-corrected chi connectivity index (χ3v) is 6.50. The molecular formula is C21H27FN2O5S. The van der Waals surface area contributed by atoms with Crippen LogP contribution in [0.3, 0.4) is 0 Å². The highest BCUT2D eigenvalue weighted by Gasteiger charge is 2.26. The molecule has 2 aromatic rings. The number of rotatable bonds is 10. The number of ether oxygens (including phenoxy) is 2. The van der Waals surface area contributed by atoms with E-state index in [1.54, 1.807) is 32.9 Å². The maximum absolute atomic E-state index is 13.8. The van der Waals surface area contributed by atoms with E-state index in [1.807, 2.05) is 0 Å². The van der Waals surface area contributed by atoms with Crippen molar-refractivity contribution >= 4 is 21.6 Å². The lowest BCUT2D eigenvalue weighted by Crippen LogP contribution is -2.31. The van der Waals surface area contributed by atoms with Gasteiger partial charge in [0.15, 0.2) is 11.6 Å². The van der Waals surface area contributed by atoms with Crippen molar-refractivity contribution in [2.24, 2.45) is 0 Å². The second-order valence-electron chi connectivity index (χ2n) is 6.38. The first-order valence-electron chi connectivity index (χ1n) is 9.66. The van der Waals surface area contributed by atoms with Crippen molar-refractivity contribution in [2.45, 2.75) is 32.1 Å². The summed E-state index contributed by atoms with van der Waals surface area (Å²) in [5.41, 5.74) is 0.774. The SMILES string of the molecule is CCOc1ccc(NC(=O)Cc2ccc(OC)c(F)c2)cc1S(=O)(=O)N(CC)CC. The lowest BCUT2D eigenvalue weighted by Gasteiger charge is -2.21. The van der Waals surface area contributed by atoms with Crippen LogP contribution in [0.25, 0.3) is 0 Å². The Balaban J connectivity index is 2.27. The van der Waals surface area contributed by atoms with Gasteiger partial charge in [0.2, 0.25) is 15.9 Å². The highest BCUT2D eigenvalue weighted by atomic mass is 32.2. The number of sulfonamides is 1. The summed E-state index contributed by atoms with van der Waals surface area (Å²) >= 11 is 0. The van der Waals surface area contributed by atoms with Crippen LogP contribution < -0.4 is 14.8 Å². The number of halogens is 1. The number of carbonyl (C=O) groups is 1. The van der Waals surface area contributed by atoms with Gasteiger partial charge in [-0.15, -0.1) is 0 Å². The van der Waals surface area contributed by atoms with E-state index in [-0.39, 0.29) is 22.8 Å². The maximum atomic E-state index is 13.8. The predicted octanol–water partition coefficient (Wildman–Crippen LogP) is 3.44. The quantitative estimate of drug-likeness (QED) is 0.614. The third-order valence-electron chi connectivity index (χ3n) is 4.43. The van der Waals surface area contributed by atoms with Crippen molar-refractivity contribution in [1.29, 1.82) is 0 Å². The Kier molecular flexibility index (Phi) is 8.19. The van der Waals surface area contributed by atoms with Crippen LogP contribution in [0.2, 0.25) is 0 Å². The van der Waals surface area contributed by atoms with Crippen molar-refractivity contribution < 1.29 is 27.1 Å². The Labute approximate surface area is 176 Å². The van der Waals surface area contributed by atoms with E-state index >= 15 is 0 Å². The van der Waals surface area contributed by atoms with E-state index in [9.17, 15) is 17.6 Å². The summed E-state index contributed by atoms with van der Waals surface area (Å²) in [4.78, 5) is 12.4. The van der Waals surface area contributed by atoms with Crippen LogP contribution in [0.5, 0.6) is 11.5 Å². The minimum atomic E-state index is -3.79. The number of nitrogens with one attached hydrogen (secondary N) is 1. The van der Waals surface area contributed by atoms with Crippen molar-refractivity contribution in [1.82, 2.24) is 4.31 Å². The van der Waals surface area contributed by atoms with E-state index in [1.165, 1.54) is 35.7 Å². The molecule has 0 atom stereocenters. The molecule has 0 aliphatic carbocycles. The average molecular weight is 439 g/mol. The van der Waals surface area contributed by atoms with Gasteiger partial charge in [0, 0.05) is 18.8 Å². The second-order valence-corrected chi connectivity index (χ2v) is 8.28. The van der Waals surface area contributed by atoms with E-state index in [2.05, 4.69) is 5.32 Å². The number of carbonyl (C=O) groups excluding carboxylic acids is 1. The monoisotopic (exact) mass is 438 g/mol. The molecule has 1 amide bonds. The molecule has 1 N–H and O–H groups in total. The Morgan fingerprint density at radius 3 is 2.30 bits per heavy atom. The van der Waals surface area contributed by atoms with E-state index in [4.69, 9.17) is 9.47 Å². The molecule has 0 heterocycles. The van der Waals surface area contributed by atoms with Gasteiger partial charge in [-0.25, -0.2) is 12.8 Å². The summed E-state index contributed by atoms with van der Waals surface area (Å²) in [6.45, 7) is 6.18. The summed E-state index contributed by atoms with van der Waals surface area (Å²) in [6, 6.07) is 8.73. The summed E-state index contributed by atoms with van der Waals surface area (Å²) in [6.07, 6.45) is -0.0771. The number of amides is 1. The Morgan fingerprint density at radius 1 is 1.07 bits per heavy atom. The zero-order chi connectivity index (χ0) is 22.3. The molecule has 164 valence electrons. The van der Waals surface area contributed by atoms with Crippen LogP contribution in [0.1, 0.15) is 26.3 Å². The topological polar surface area (TPSA) is 84.9 Å². The first-order chi connectivity index (χ1) is 14.3. The number of anilines is 1. The van der Waals surface area contributed by atoms with Crippen LogP contribution in [-0.4, -0.2) is 45.4 Å². The molecule has 0 fully saturated rings. The first kappa shape index (κ1) is 23.6. The number of hydrogen-bond acceptors (Lipinski definition) is 5. The fourth-order valence-electron chi connectivity index (χ4n) is 2.98. The molecule has 2 rings (SSSR count). The summed E-state index contributed by atoms with van der Waals surface area (Å²) in [5.74, 6) is -0.650. The molecule has 0 aliphatic heterocycles. The minimum absolute atomic E-state index is 0.0126. The van der Waals surface area contributed by atoms with Gasteiger partial charge in [-0.3, -0.25) is 4.79 Å². The highest BCUT2D eigenvalue weighted by molar-refractivity contribution is 7.89. The summed E-state index contributed by atoms with van der Waals surface area (Å²) in [5, 5.41) is 2.66. The van der Waals surface area contributed by atoms with Gasteiger partial charge in [-0.2, -0.15) is 4.31 Å². The molecule has 9 heteroatoms. The molecule has 0 saturated carbocycles. The fraction of sp³-hybridized carbons (Fsp3) is 0.381. The number of benzene rings is 2. The van der Waals surface area contributed by atoms with Gasteiger partial charge in [-0.1, -0.05) is 19.9 Å². The largest absolute Gasteiger partial charge is 0.494 e. The van der Waals surface area contributed by atoms with Gasteiger partial charge in [-0.05, 0) is 42.8 Å². The fourth-order valence-corrected chi connectivity index (χ4v) is 4.59. The van der Waals surface area contributed by atoms with Crippen LogP contribution >= 0.6 is 0 Å². The van der Waals surface area contributed by atoms with Crippen molar-refractivity contribution in [3.63, 3.8) is 0 Å². The summed E-state index contributed by atoms with van der Waals surface area (Å²) < 4.78 is 51.5. The van der Waals surface area contributed by atoms with Crippen molar-refractivity contribution in [3.8, 4) is 11.5 Å². The van der Waals surface area contributed by atoms with E-state index < -0.39 is 21.7 Å². The minimum Gasteiger partial charge on any atom is -0.494 e. The van der Waals surface area contributed by atoms with Gasteiger partial charge in [0.25, 0.3) is 0 Å². The van der Waals surface area contributed by atoms with Crippen LogP contribution in [0.4, 0.5) is 10.1 Å². The molecule has 2 aromatic carbocycles. The lowest BCUT2D eigenvalue weighted by molar-refractivity contribution is -0.115.